The Morgan fingerprint density at radius 2 is 2.28 bits per heavy atom. The van der Waals surface area contributed by atoms with Crippen LogP contribution in [0, 0.1) is 0 Å². The molecular weight excluding hydrogens is 230 g/mol. The van der Waals surface area contributed by atoms with E-state index in [9.17, 15) is 0 Å². The van der Waals surface area contributed by atoms with Gasteiger partial charge in [-0.15, -0.1) is 0 Å². The molecular formula is C13H21N3O2. The van der Waals surface area contributed by atoms with Gasteiger partial charge in [-0.05, 0) is 19.4 Å². The molecule has 1 aliphatic rings. The first-order valence-corrected chi connectivity index (χ1v) is 6.28. The van der Waals surface area contributed by atoms with Crippen LogP contribution < -0.4 is 15.2 Å². The number of aromatic nitrogens is 1. The molecule has 2 rings (SSSR count). The van der Waals surface area contributed by atoms with Crippen LogP contribution in [0.25, 0.3) is 0 Å². The minimum absolute atomic E-state index is 0.273. The summed E-state index contributed by atoms with van der Waals surface area (Å²) in [5.41, 5.74) is 6.90. The van der Waals surface area contributed by atoms with Crippen molar-refractivity contribution in [3.63, 3.8) is 0 Å². The number of ether oxygens (including phenoxy) is 2. The van der Waals surface area contributed by atoms with Gasteiger partial charge in [0, 0.05) is 31.4 Å². The number of methoxy groups -OCH3 is 2. The number of hydrogen-bond acceptors (Lipinski definition) is 5. The van der Waals surface area contributed by atoms with Crippen LogP contribution in [0.1, 0.15) is 18.5 Å². The summed E-state index contributed by atoms with van der Waals surface area (Å²) in [7, 11) is 3.28. The van der Waals surface area contributed by atoms with E-state index in [0.29, 0.717) is 0 Å². The van der Waals surface area contributed by atoms with Crippen LogP contribution in [0.15, 0.2) is 12.3 Å². The molecule has 5 heteroatoms. The topological polar surface area (TPSA) is 60.6 Å². The molecule has 0 saturated carbocycles. The lowest BCUT2D eigenvalue weighted by molar-refractivity contribution is 0.196. The number of pyridine rings is 1. The fourth-order valence-electron chi connectivity index (χ4n) is 2.41. The van der Waals surface area contributed by atoms with Crippen LogP contribution in [0.3, 0.4) is 0 Å². The molecule has 5 nitrogen and oxygen atoms in total. The van der Waals surface area contributed by atoms with Crippen molar-refractivity contribution in [1.82, 2.24) is 9.88 Å². The van der Waals surface area contributed by atoms with Gasteiger partial charge in [-0.25, -0.2) is 0 Å². The van der Waals surface area contributed by atoms with Gasteiger partial charge in [0.1, 0.15) is 5.69 Å². The SMILES string of the molecule is COc1ccnc(CN2CCCC(N)C2)c1OC. The number of rotatable bonds is 4. The van der Waals surface area contributed by atoms with E-state index in [1.165, 1.54) is 0 Å². The number of likely N-dealkylation sites (tertiary alicyclic amines) is 1. The van der Waals surface area contributed by atoms with Crippen molar-refractivity contribution in [1.29, 1.82) is 0 Å². The summed E-state index contributed by atoms with van der Waals surface area (Å²) in [6.07, 6.45) is 4.01. The lowest BCUT2D eigenvalue weighted by Crippen LogP contribution is -2.42. The van der Waals surface area contributed by atoms with Crippen molar-refractivity contribution in [3.8, 4) is 11.5 Å². The summed E-state index contributed by atoms with van der Waals surface area (Å²) in [5, 5.41) is 0. The van der Waals surface area contributed by atoms with Gasteiger partial charge in [0.05, 0.1) is 14.2 Å². The van der Waals surface area contributed by atoms with E-state index < -0.39 is 0 Å². The number of piperidine rings is 1. The van der Waals surface area contributed by atoms with Crippen molar-refractivity contribution < 1.29 is 9.47 Å². The Labute approximate surface area is 108 Å². The fraction of sp³-hybridized carbons (Fsp3) is 0.615. The molecule has 2 heterocycles. The van der Waals surface area contributed by atoms with E-state index in [-0.39, 0.29) is 6.04 Å². The van der Waals surface area contributed by atoms with Gasteiger partial charge in [-0.2, -0.15) is 0 Å². The highest BCUT2D eigenvalue weighted by atomic mass is 16.5. The standard InChI is InChI=1S/C13H21N3O2/c1-17-12-5-6-15-11(13(12)18-2)9-16-7-3-4-10(14)8-16/h5-6,10H,3-4,7-9,14H2,1-2H3. The first-order chi connectivity index (χ1) is 8.74. The van der Waals surface area contributed by atoms with Crippen molar-refractivity contribution in [3.05, 3.63) is 18.0 Å². The minimum atomic E-state index is 0.273. The van der Waals surface area contributed by atoms with Crippen molar-refractivity contribution >= 4 is 0 Å². The normalized spacial score (nSPS) is 20.7. The molecule has 1 fully saturated rings. The molecule has 18 heavy (non-hydrogen) atoms. The molecule has 1 atom stereocenters. The zero-order valence-corrected chi connectivity index (χ0v) is 11.1. The third kappa shape index (κ3) is 2.91. The van der Waals surface area contributed by atoms with Crippen molar-refractivity contribution in [2.45, 2.75) is 25.4 Å². The first kappa shape index (κ1) is 13.1. The molecule has 100 valence electrons. The average Bonchev–Trinajstić information content (AvgIpc) is 2.38. The van der Waals surface area contributed by atoms with Gasteiger partial charge in [0.25, 0.3) is 0 Å². The second-order valence-corrected chi connectivity index (χ2v) is 4.63. The number of hydrogen-bond donors (Lipinski definition) is 1. The maximum absolute atomic E-state index is 5.99. The molecule has 2 N–H and O–H groups in total. The number of nitrogens with two attached hydrogens (primary N) is 1. The van der Waals surface area contributed by atoms with Crippen LogP contribution in [0.2, 0.25) is 0 Å². The van der Waals surface area contributed by atoms with Crippen LogP contribution in [-0.2, 0) is 6.54 Å². The van der Waals surface area contributed by atoms with Crippen LogP contribution in [0.4, 0.5) is 0 Å². The third-order valence-corrected chi connectivity index (χ3v) is 3.28. The van der Waals surface area contributed by atoms with E-state index in [1.54, 1.807) is 20.4 Å². The Morgan fingerprint density at radius 1 is 1.44 bits per heavy atom. The maximum Gasteiger partial charge on any atom is 0.183 e. The quantitative estimate of drug-likeness (QED) is 0.865. The lowest BCUT2D eigenvalue weighted by Gasteiger charge is -2.30. The van der Waals surface area contributed by atoms with E-state index in [0.717, 1.165) is 49.7 Å². The molecule has 0 bridgehead atoms. The largest absolute Gasteiger partial charge is 0.493 e. The summed E-state index contributed by atoms with van der Waals surface area (Å²) in [4.78, 5) is 6.71. The summed E-state index contributed by atoms with van der Waals surface area (Å²) < 4.78 is 10.7. The Bertz CT molecular complexity index is 398. The maximum atomic E-state index is 5.99. The zero-order chi connectivity index (χ0) is 13.0. The Morgan fingerprint density at radius 3 is 2.94 bits per heavy atom. The second-order valence-electron chi connectivity index (χ2n) is 4.63. The first-order valence-electron chi connectivity index (χ1n) is 6.28. The van der Waals surface area contributed by atoms with Crippen molar-refractivity contribution in [2.75, 3.05) is 27.3 Å². The molecule has 1 aliphatic heterocycles. The van der Waals surface area contributed by atoms with Gasteiger partial charge >= 0.3 is 0 Å². The Balaban J connectivity index is 2.12. The zero-order valence-electron chi connectivity index (χ0n) is 11.1. The highest BCUT2D eigenvalue weighted by Crippen LogP contribution is 2.30. The Hall–Kier alpha value is -1.33. The van der Waals surface area contributed by atoms with E-state index >= 15 is 0 Å². The molecule has 0 aromatic carbocycles. The third-order valence-electron chi connectivity index (χ3n) is 3.28. The molecule has 0 radical (unpaired) electrons. The molecule has 1 aromatic rings. The lowest BCUT2D eigenvalue weighted by atomic mass is 10.1. The van der Waals surface area contributed by atoms with Crippen LogP contribution >= 0.6 is 0 Å². The molecule has 1 saturated heterocycles. The highest BCUT2D eigenvalue weighted by molar-refractivity contribution is 5.42. The van der Waals surface area contributed by atoms with Crippen LogP contribution in [0.5, 0.6) is 11.5 Å². The second kappa shape index (κ2) is 6.02. The summed E-state index contributed by atoms with van der Waals surface area (Å²) in [6, 6.07) is 2.08. The minimum Gasteiger partial charge on any atom is -0.493 e. The molecule has 1 aromatic heterocycles. The van der Waals surface area contributed by atoms with Gasteiger partial charge in [0.15, 0.2) is 11.5 Å². The Kier molecular flexibility index (Phi) is 4.38. The monoisotopic (exact) mass is 251 g/mol. The smallest absolute Gasteiger partial charge is 0.183 e. The van der Waals surface area contributed by atoms with Gasteiger partial charge in [-0.3, -0.25) is 9.88 Å². The van der Waals surface area contributed by atoms with Gasteiger partial charge in [-0.1, -0.05) is 0 Å². The molecule has 1 unspecified atom stereocenters. The predicted octanol–water partition coefficient (Wildman–Crippen LogP) is 1.02. The average molecular weight is 251 g/mol. The highest BCUT2D eigenvalue weighted by Gasteiger charge is 2.19. The summed E-state index contributed by atoms with van der Waals surface area (Å²) in [6.45, 7) is 2.74. The fourth-order valence-corrected chi connectivity index (χ4v) is 2.41. The predicted molar refractivity (Wildman–Crippen MR) is 69.8 cm³/mol. The van der Waals surface area contributed by atoms with Crippen LogP contribution in [-0.4, -0.2) is 43.2 Å². The molecule has 0 spiro atoms. The summed E-state index contributed by atoms with van der Waals surface area (Å²) in [5.74, 6) is 1.45. The summed E-state index contributed by atoms with van der Waals surface area (Å²) >= 11 is 0. The van der Waals surface area contributed by atoms with Gasteiger partial charge < -0.3 is 15.2 Å². The number of nitrogens with zero attached hydrogens (tertiary/aromatic N) is 2. The van der Waals surface area contributed by atoms with E-state index in [1.807, 2.05) is 6.07 Å². The van der Waals surface area contributed by atoms with E-state index in [2.05, 4.69) is 9.88 Å². The molecule has 0 aliphatic carbocycles. The van der Waals surface area contributed by atoms with Crippen molar-refractivity contribution in [2.24, 2.45) is 5.73 Å². The molecule has 0 amide bonds. The van der Waals surface area contributed by atoms with Gasteiger partial charge in [0.2, 0.25) is 0 Å². The van der Waals surface area contributed by atoms with E-state index in [4.69, 9.17) is 15.2 Å².